The van der Waals surface area contributed by atoms with E-state index in [0.717, 1.165) is 0 Å². The predicted octanol–water partition coefficient (Wildman–Crippen LogP) is 2.00. The van der Waals surface area contributed by atoms with Crippen LogP contribution in [0.5, 0.6) is 0 Å². The number of rotatable bonds is 3. The van der Waals surface area contributed by atoms with E-state index in [-0.39, 0.29) is 11.8 Å². The number of thiophene rings is 1. The summed E-state index contributed by atoms with van der Waals surface area (Å²) in [4.78, 5) is 13.5. The van der Waals surface area contributed by atoms with Gasteiger partial charge >= 0.3 is 0 Å². The molecule has 1 aliphatic rings. The highest BCUT2D eigenvalue weighted by molar-refractivity contribution is 9.10. The molecule has 1 fully saturated rings. The lowest BCUT2D eigenvalue weighted by atomic mass is 9.97. The molecule has 1 aliphatic heterocycles. The third kappa shape index (κ3) is 3.08. The van der Waals surface area contributed by atoms with Crippen molar-refractivity contribution in [3.63, 3.8) is 0 Å². The van der Waals surface area contributed by atoms with Gasteiger partial charge in [0, 0.05) is 37.6 Å². The molecule has 0 radical (unpaired) electrons. The number of halogens is 1. The highest BCUT2D eigenvalue weighted by Crippen LogP contribution is 2.32. The molecule has 112 valence electrons. The smallest absolute Gasteiger partial charge is 0.253 e. The Morgan fingerprint density at radius 1 is 1.40 bits per heavy atom. The Kier molecular flexibility index (Phi) is 4.88. The number of nitrogens with zero attached hydrogens (tertiary/aromatic N) is 2. The van der Waals surface area contributed by atoms with E-state index in [2.05, 4.69) is 15.9 Å². The molecule has 0 atom stereocenters. The fourth-order valence-corrected chi connectivity index (χ4v) is 6.21. The molecule has 5 nitrogen and oxygen atoms in total. The molecule has 0 saturated carbocycles. The summed E-state index contributed by atoms with van der Waals surface area (Å²) in [6.07, 6.45) is 1.17. The van der Waals surface area contributed by atoms with Crippen LogP contribution in [0.2, 0.25) is 0 Å². The van der Waals surface area contributed by atoms with Gasteiger partial charge in [-0.3, -0.25) is 4.79 Å². The summed E-state index contributed by atoms with van der Waals surface area (Å²) in [7, 11) is 0.0221. The Balaban J connectivity index is 2.08. The van der Waals surface area contributed by atoms with Crippen molar-refractivity contribution in [2.75, 3.05) is 27.2 Å². The van der Waals surface area contributed by atoms with Crippen molar-refractivity contribution in [3.05, 3.63) is 15.9 Å². The van der Waals surface area contributed by atoms with Gasteiger partial charge in [0.25, 0.3) is 10.0 Å². The van der Waals surface area contributed by atoms with E-state index in [1.165, 1.54) is 15.6 Å². The topological polar surface area (TPSA) is 57.7 Å². The van der Waals surface area contributed by atoms with Crippen LogP contribution in [-0.4, -0.2) is 50.7 Å². The van der Waals surface area contributed by atoms with Gasteiger partial charge in [0.15, 0.2) is 0 Å². The fourth-order valence-electron chi connectivity index (χ4n) is 2.29. The van der Waals surface area contributed by atoms with Gasteiger partial charge in [-0.1, -0.05) is 0 Å². The Morgan fingerprint density at radius 2 is 2.00 bits per heavy atom. The van der Waals surface area contributed by atoms with Crippen molar-refractivity contribution in [3.8, 4) is 0 Å². The second kappa shape index (κ2) is 6.13. The molecule has 2 heterocycles. The van der Waals surface area contributed by atoms with Crippen molar-refractivity contribution in [1.29, 1.82) is 0 Å². The molecule has 0 N–H and O–H groups in total. The summed E-state index contributed by atoms with van der Waals surface area (Å²) in [5.74, 6) is 0.0163. The zero-order chi connectivity index (χ0) is 14.9. The van der Waals surface area contributed by atoms with Crippen molar-refractivity contribution in [1.82, 2.24) is 9.21 Å². The first kappa shape index (κ1) is 15.9. The largest absolute Gasteiger partial charge is 0.349 e. The van der Waals surface area contributed by atoms with E-state index in [1.54, 1.807) is 30.4 Å². The van der Waals surface area contributed by atoms with E-state index in [9.17, 15) is 13.2 Å². The molecule has 0 aromatic carbocycles. The fraction of sp³-hybridized carbons (Fsp3) is 0.583. The zero-order valence-corrected chi connectivity index (χ0v) is 14.6. The number of hydrogen-bond acceptors (Lipinski definition) is 4. The van der Waals surface area contributed by atoms with Crippen LogP contribution in [-0.2, 0) is 14.8 Å². The van der Waals surface area contributed by atoms with Gasteiger partial charge < -0.3 is 4.90 Å². The van der Waals surface area contributed by atoms with Gasteiger partial charge in [0.1, 0.15) is 4.21 Å². The number of sulfonamides is 1. The molecule has 0 unspecified atom stereocenters. The maximum atomic E-state index is 12.5. The highest BCUT2D eigenvalue weighted by Gasteiger charge is 2.34. The summed E-state index contributed by atoms with van der Waals surface area (Å²) in [5, 5.41) is 1.75. The van der Waals surface area contributed by atoms with Gasteiger partial charge in [-0.2, -0.15) is 4.31 Å². The first-order valence-corrected chi connectivity index (χ1v) is 9.39. The molecule has 1 aromatic rings. The molecule has 8 heteroatoms. The van der Waals surface area contributed by atoms with E-state index in [0.29, 0.717) is 34.6 Å². The number of amides is 1. The van der Waals surface area contributed by atoms with Crippen LogP contribution in [0.4, 0.5) is 0 Å². The van der Waals surface area contributed by atoms with Crippen LogP contribution in [0.3, 0.4) is 0 Å². The van der Waals surface area contributed by atoms with Crippen molar-refractivity contribution < 1.29 is 13.2 Å². The Hall–Kier alpha value is -0.440. The summed E-state index contributed by atoms with van der Waals surface area (Å²) < 4.78 is 27.4. The van der Waals surface area contributed by atoms with E-state index in [1.807, 2.05) is 0 Å². The Morgan fingerprint density at radius 3 is 2.45 bits per heavy atom. The molecule has 0 bridgehead atoms. The van der Waals surface area contributed by atoms with E-state index in [4.69, 9.17) is 0 Å². The normalized spacial score (nSPS) is 18.1. The molecular formula is C12H17BrN2O3S2. The minimum atomic E-state index is -3.44. The second-order valence-electron chi connectivity index (χ2n) is 4.97. The van der Waals surface area contributed by atoms with Crippen LogP contribution < -0.4 is 0 Å². The molecular weight excluding hydrogens is 364 g/mol. The van der Waals surface area contributed by atoms with E-state index < -0.39 is 10.0 Å². The number of piperidine rings is 1. The SMILES string of the molecule is CN(C)C(=O)C1CCN(S(=O)(=O)c2sccc2Br)CC1. The van der Waals surface area contributed by atoms with Gasteiger partial charge in [-0.25, -0.2) is 8.42 Å². The monoisotopic (exact) mass is 380 g/mol. The summed E-state index contributed by atoms with van der Waals surface area (Å²) in [6, 6.07) is 1.74. The summed E-state index contributed by atoms with van der Waals surface area (Å²) in [6.45, 7) is 0.799. The molecule has 1 saturated heterocycles. The minimum absolute atomic E-state index is 0.0665. The van der Waals surface area contributed by atoms with Crippen molar-refractivity contribution >= 4 is 43.2 Å². The van der Waals surface area contributed by atoms with Crippen LogP contribution in [0.1, 0.15) is 12.8 Å². The maximum absolute atomic E-state index is 12.5. The highest BCUT2D eigenvalue weighted by atomic mass is 79.9. The molecule has 1 aromatic heterocycles. The lowest BCUT2D eigenvalue weighted by Crippen LogP contribution is -2.42. The van der Waals surface area contributed by atoms with Gasteiger partial charge in [0.2, 0.25) is 5.91 Å². The maximum Gasteiger partial charge on any atom is 0.253 e. The summed E-state index contributed by atoms with van der Waals surface area (Å²) in [5.41, 5.74) is 0. The molecule has 0 aliphatic carbocycles. The lowest BCUT2D eigenvalue weighted by molar-refractivity contribution is -0.134. The molecule has 20 heavy (non-hydrogen) atoms. The van der Waals surface area contributed by atoms with Crippen LogP contribution in [0, 0.1) is 5.92 Å². The first-order valence-electron chi connectivity index (χ1n) is 6.28. The van der Waals surface area contributed by atoms with Gasteiger partial charge in [-0.15, -0.1) is 11.3 Å². The number of carbonyl (C=O) groups excluding carboxylic acids is 1. The number of hydrogen-bond donors (Lipinski definition) is 0. The quantitative estimate of drug-likeness (QED) is 0.805. The second-order valence-corrected chi connectivity index (χ2v) is 8.87. The van der Waals surface area contributed by atoms with Crippen LogP contribution in [0.25, 0.3) is 0 Å². The number of carbonyl (C=O) groups is 1. The Bertz CT molecular complexity index is 590. The van der Waals surface area contributed by atoms with Crippen LogP contribution >= 0.6 is 27.3 Å². The van der Waals surface area contributed by atoms with Crippen molar-refractivity contribution in [2.45, 2.75) is 17.1 Å². The molecule has 2 rings (SSSR count). The van der Waals surface area contributed by atoms with E-state index >= 15 is 0 Å². The predicted molar refractivity (Wildman–Crippen MR) is 82.2 cm³/mol. The first-order chi connectivity index (χ1) is 9.34. The molecule has 1 amide bonds. The lowest BCUT2D eigenvalue weighted by Gasteiger charge is -2.31. The van der Waals surface area contributed by atoms with Gasteiger partial charge in [-0.05, 0) is 40.2 Å². The third-order valence-corrected chi connectivity index (χ3v) is 7.95. The average molecular weight is 381 g/mol. The van der Waals surface area contributed by atoms with Crippen LogP contribution in [0.15, 0.2) is 20.1 Å². The summed E-state index contributed by atoms with van der Waals surface area (Å²) >= 11 is 4.48. The standard InChI is InChI=1S/C12H17BrN2O3S2/c1-14(2)11(16)9-3-6-15(7-4-9)20(17,18)12-10(13)5-8-19-12/h5,8-9H,3-4,6-7H2,1-2H3. The third-order valence-electron chi connectivity index (χ3n) is 3.40. The zero-order valence-electron chi connectivity index (χ0n) is 11.4. The average Bonchev–Trinajstić information content (AvgIpc) is 2.85. The van der Waals surface area contributed by atoms with Crippen molar-refractivity contribution in [2.24, 2.45) is 5.92 Å². The minimum Gasteiger partial charge on any atom is -0.349 e. The molecule has 0 spiro atoms. The Labute approximate surface area is 131 Å². The van der Waals surface area contributed by atoms with Gasteiger partial charge in [0.05, 0.1) is 0 Å².